The first-order valence-corrected chi connectivity index (χ1v) is 8.83. The number of thiophene rings is 1. The number of aryl methyl sites for hydroxylation is 1. The third kappa shape index (κ3) is 3.83. The summed E-state index contributed by atoms with van der Waals surface area (Å²) in [4.78, 5) is 5.22. The van der Waals surface area contributed by atoms with E-state index in [9.17, 15) is 8.42 Å². The van der Waals surface area contributed by atoms with Crippen LogP contribution in [0.3, 0.4) is 0 Å². The lowest BCUT2D eigenvalue weighted by Gasteiger charge is -2.02. The van der Waals surface area contributed by atoms with Gasteiger partial charge in [0.05, 0.1) is 17.2 Å². The molecule has 0 aromatic carbocycles. The van der Waals surface area contributed by atoms with Crippen molar-refractivity contribution in [2.45, 2.75) is 24.2 Å². The van der Waals surface area contributed by atoms with E-state index in [2.05, 4.69) is 15.0 Å². The van der Waals surface area contributed by atoms with Crippen molar-refractivity contribution in [2.75, 3.05) is 7.05 Å². The Labute approximate surface area is 120 Å². The van der Waals surface area contributed by atoms with Gasteiger partial charge in [-0.05, 0) is 26.1 Å². The molecule has 0 saturated heterocycles. The highest BCUT2D eigenvalue weighted by molar-refractivity contribution is 7.91. The highest BCUT2D eigenvalue weighted by Gasteiger charge is 2.16. The SMILES string of the molecule is CNCc1ccc(S(=O)(=O)NCc2csc(C)n2)s1. The lowest BCUT2D eigenvalue weighted by Crippen LogP contribution is -2.22. The zero-order valence-corrected chi connectivity index (χ0v) is 13.1. The van der Waals surface area contributed by atoms with Crippen LogP contribution in [0, 0.1) is 6.92 Å². The summed E-state index contributed by atoms with van der Waals surface area (Å²) in [6.07, 6.45) is 0. The first-order chi connectivity index (χ1) is 9.01. The molecule has 0 atom stereocenters. The fourth-order valence-corrected chi connectivity index (χ4v) is 4.53. The van der Waals surface area contributed by atoms with Gasteiger partial charge in [-0.3, -0.25) is 0 Å². The van der Waals surface area contributed by atoms with E-state index in [0.29, 0.717) is 10.8 Å². The van der Waals surface area contributed by atoms with Gasteiger partial charge in [-0.1, -0.05) is 0 Å². The van der Waals surface area contributed by atoms with E-state index in [0.717, 1.165) is 15.6 Å². The molecule has 0 radical (unpaired) electrons. The second kappa shape index (κ2) is 6.10. The molecule has 0 spiro atoms. The van der Waals surface area contributed by atoms with Crippen LogP contribution in [0.5, 0.6) is 0 Å². The Morgan fingerprint density at radius 3 is 2.74 bits per heavy atom. The average molecular weight is 317 g/mol. The standard InChI is InChI=1S/C11H15N3O2S3/c1-8-14-9(7-17-8)5-13-19(15,16)11-4-3-10(18-11)6-12-2/h3-4,7,12-13H,5-6H2,1-2H3. The first kappa shape index (κ1) is 14.6. The fourth-order valence-electron chi connectivity index (χ4n) is 1.50. The monoisotopic (exact) mass is 317 g/mol. The zero-order chi connectivity index (χ0) is 13.9. The van der Waals surface area contributed by atoms with Gasteiger partial charge in [0.15, 0.2) is 0 Å². The van der Waals surface area contributed by atoms with Gasteiger partial charge < -0.3 is 5.32 Å². The molecule has 0 unspecified atom stereocenters. The molecular weight excluding hydrogens is 302 g/mol. The van der Waals surface area contributed by atoms with Crippen molar-refractivity contribution < 1.29 is 8.42 Å². The maximum Gasteiger partial charge on any atom is 0.250 e. The summed E-state index contributed by atoms with van der Waals surface area (Å²) in [6, 6.07) is 3.45. The summed E-state index contributed by atoms with van der Waals surface area (Å²) < 4.78 is 27.1. The smallest absolute Gasteiger partial charge is 0.250 e. The largest absolute Gasteiger partial charge is 0.315 e. The van der Waals surface area contributed by atoms with Crippen molar-refractivity contribution in [3.8, 4) is 0 Å². The number of aromatic nitrogens is 1. The molecule has 8 heteroatoms. The third-order valence-electron chi connectivity index (χ3n) is 2.36. The second-order valence-electron chi connectivity index (χ2n) is 3.93. The Bertz CT molecular complexity index is 646. The number of rotatable bonds is 6. The van der Waals surface area contributed by atoms with E-state index in [1.165, 1.54) is 22.7 Å². The van der Waals surface area contributed by atoms with Crippen LogP contribution in [0.1, 0.15) is 15.6 Å². The van der Waals surface area contributed by atoms with Crippen LogP contribution in [0.2, 0.25) is 0 Å². The predicted octanol–water partition coefficient (Wildman–Crippen LogP) is 1.71. The number of hydrogen-bond donors (Lipinski definition) is 2. The van der Waals surface area contributed by atoms with Crippen molar-refractivity contribution >= 4 is 32.7 Å². The van der Waals surface area contributed by atoms with Crippen molar-refractivity contribution in [1.29, 1.82) is 0 Å². The number of sulfonamides is 1. The first-order valence-electron chi connectivity index (χ1n) is 5.65. The molecule has 19 heavy (non-hydrogen) atoms. The highest BCUT2D eigenvalue weighted by Crippen LogP contribution is 2.21. The van der Waals surface area contributed by atoms with Gasteiger partial charge in [-0.2, -0.15) is 0 Å². The second-order valence-corrected chi connectivity index (χ2v) is 8.16. The summed E-state index contributed by atoms with van der Waals surface area (Å²) >= 11 is 2.78. The van der Waals surface area contributed by atoms with Gasteiger partial charge in [0.25, 0.3) is 0 Å². The van der Waals surface area contributed by atoms with Gasteiger partial charge in [-0.25, -0.2) is 18.1 Å². The normalized spacial score (nSPS) is 11.9. The minimum Gasteiger partial charge on any atom is -0.315 e. The van der Waals surface area contributed by atoms with Crippen LogP contribution in [-0.4, -0.2) is 20.4 Å². The Balaban J connectivity index is 2.04. The number of nitrogens with one attached hydrogen (secondary N) is 2. The molecule has 2 aromatic heterocycles. The average Bonchev–Trinajstić information content (AvgIpc) is 2.97. The number of thiazole rings is 1. The molecule has 5 nitrogen and oxygen atoms in total. The van der Waals surface area contributed by atoms with Crippen LogP contribution in [0.4, 0.5) is 0 Å². The van der Waals surface area contributed by atoms with Crippen LogP contribution in [-0.2, 0) is 23.1 Å². The Hall–Kier alpha value is -0.800. The van der Waals surface area contributed by atoms with Crippen molar-refractivity contribution in [2.24, 2.45) is 0 Å². The molecule has 0 aliphatic carbocycles. The summed E-state index contributed by atoms with van der Waals surface area (Å²) in [7, 11) is -1.61. The summed E-state index contributed by atoms with van der Waals surface area (Å²) in [5, 5.41) is 5.79. The molecule has 0 fully saturated rings. The lowest BCUT2D eigenvalue weighted by atomic mass is 10.5. The molecule has 0 bridgehead atoms. The Morgan fingerprint density at radius 1 is 1.32 bits per heavy atom. The molecule has 0 amide bonds. The minimum atomic E-state index is -3.44. The van der Waals surface area contributed by atoms with E-state index in [-0.39, 0.29) is 6.54 Å². The van der Waals surface area contributed by atoms with E-state index < -0.39 is 10.0 Å². The van der Waals surface area contributed by atoms with Crippen LogP contribution < -0.4 is 10.0 Å². The molecule has 0 aliphatic heterocycles. The van der Waals surface area contributed by atoms with Crippen LogP contribution in [0.25, 0.3) is 0 Å². The van der Waals surface area contributed by atoms with Gasteiger partial charge in [-0.15, -0.1) is 22.7 Å². The zero-order valence-electron chi connectivity index (χ0n) is 10.6. The van der Waals surface area contributed by atoms with Crippen LogP contribution >= 0.6 is 22.7 Å². The van der Waals surface area contributed by atoms with Gasteiger partial charge in [0, 0.05) is 16.8 Å². The molecule has 2 aromatic rings. The summed E-state index contributed by atoms with van der Waals surface area (Å²) in [5.74, 6) is 0. The fraction of sp³-hybridized carbons (Fsp3) is 0.364. The van der Waals surface area contributed by atoms with Gasteiger partial charge >= 0.3 is 0 Å². The van der Waals surface area contributed by atoms with Gasteiger partial charge in [0.2, 0.25) is 10.0 Å². The molecule has 0 saturated carbocycles. The molecule has 2 rings (SSSR count). The van der Waals surface area contributed by atoms with Crippen molar-refractivity contribution in [3.05, 3.63) is 33.1 Å². The van der Waals surface area contributed by atoms with E-state index in [1.807, 2.05) is 25.4 Å². The van der Waals surface area contributed by atoms with Gasteiger partial charge in [0.1, 0.15) is 4.21 Å². The minimum absolute atomic E-state index is 0.228. The van der Waals surface area contributed by atoms with Crippen LogP contribution in [0.15, 0.2) is 21.7 Å². The van der Waals surface area contributed by atoms with E-state index in [4.69, 9.17) is 0 Å². The summed E-state index contributed by atoms with van der Waals surface area (Å²) in [6.45, 7) is 2.80. The van der Waals surface area contributed by atoms with Crippen molar-refractivity contribution in [1.82, 2.24) is 15.0 Å². The lowest BCUT2D eigenvalue weighted by molar-refractivity contribution is 0.582. The molecule has 2 heterocycles. The van der Waals surface area contributed by atoms with E-state index >= 15 is 0 Å². The topological polar surface area (TPSA) is 71.1 Å². The molecular formula is C11H15N3O2S3. The molecule has 0 aliphatic rings. The third-order valence-corrected chi connectivity index (χ3v) is 6.16. The Kier molecular flexibility index (Phi) is 4.69. The predicted molar refractivity (Wildman–Crippen MR) is 78.0 cm³/mol. The number of hydrogen-bond acceptors (Lipinski definition) is 6. The Morgan fingerprint density at radius 2 is 2.11 bits per heavy atom. The molecule has 104 valence electrons. The van der Waals surface area contributed by atoms with E-state index in [1.54, 1.807) is 6.07 Å². The quantitative estimate of drug-likeness (QED) is 0.851. The molecule has 2 N–H and O–H groups in total. The maximum atomic E-state index is 12.1. The highest BCUT2D eigenvalue weighted by atomic mass is 32.2. The summed E-state index contributed by atoms with van der Waals surface area (Å²) in [5.41, 5.74) is 0.748. The number of nitrogens with zero attached hydrogens (tertiary/aromatic N) is 1. The maximum absolute atomic E-state index is 12.1. The van der Waals surface area contributed by atoms with Crippen molar-refractivity contribution in [3.63, 3.8) is 0 Å².